The van der Waals surface area contributed by atoms with E-state index in [1.807, 2.05) is 0 Å². The highest BCUT2D eigenvalue weighted by Crippen LogP contribution is 2.29. The molecule has 1 fully saturated rings. The number of ketones is 1. The standard InChI is InChI=1S/C25H38FN3O3/c1-17(2)9-14-24(31)29-25(27)28-21(15-18-7-5-4-6-8-18)22(30)13-11-19-10-12-20(26)23(16-19)32-3/h10,12,16-18,21H,4-9,11,13-15H2,1-3H3,(H3,27,28,29,31)/t21-/m1/s1. The largest absolute Gasteiger partial charge is 0.494 e. The lowest BCUT2D eigenvalue weighted by Crippen LogP contribution is -2.39. The van der Waals surface area contributed by atoms with Crippen molar-refractivity contribution in [1.29, 1.82) is 0 Å². The third-order valence-corrected chi connectivity index (χ3v) is 6.04. The van der Waals surface area contributed by atoms with Gasteiger partial charge in [0.2, 0.25) is 5.91 Å². The SMILES string of the molecule is COc1cc(CCC(=O)[C@@H](CC2CCCCC2)N=C(N)NC(=O)CCC(C)C)ccc1F. The van der Waals surface area contributed by atoms with E-state index in [-0.39, 0.29) is 29.8 Å². The van der Waals surface area contributed by atoms with Gasteiger partial charge in [0, 0.05) is 12.8 Å². The second-order valence-electron chi connectivity index (χ2n) is 9.19. The predicted octanol–water partition coefficient (Wildman–Crippen LogP) is 4.54. The number of Topliss-reactive ketones (excluding diaryl/α,β-unsaturated/α-hetero) is 1. The van der Waals surface area contributed by atoms with Crippen LogP contribution in [-0.2, 0) is 16.0 Å². The average Bonchev–Trinajstić information content (AvgIpc) is 2.77. The second-order valence-corrected chi connectivity index (χ2v) is 9.19. The molecule has 1 saturated carbocycles. The van der Waals surface area contributed by atoms with E-state index in [9.17, 15) is 14.0 Å². The van der Waals surface area contributed by atoms with Crippen molar-refractivity contribution in [1.82, 2.24) is 5.32 Å². The fraction of sp³-hybridized carbons (Fsp3) is 0.640. The summed E-state index contributed by atoms with van der Waals surface area (Å²) in [5.74, 6) is 0.418. The van der Waals surface area contributed by atoms with Crippen molar-refractivity contribution < 1.29 is 18.7 Å². The number of nitrogens with zero attached hydrogens (tertiary/aromatic N) is 1. The van der Waals surface area contributed by atoms with Crippen molar-refractivity contribution in [2.45, 2.75) is 84.1 Å². The number of guanidine groups is 1. The van der Waals surface area contributed by atoms with Crippen LogP contribution in [0.25, 0.3) is 0 Å². The molecule has 3 N–H and O–H groups in total. The van der Waals surface area contributed by atoms with Gasteiger partial charge in [-0.2, -0.15) is 0 Å². The summed E-state index contributed by atoms with van der Waals surface area (Å²) >= 11 is 0. The third kappa shape index (κ3) is 8.97. The zero-order chi connectivity index (χ0) is 23.5. The maximum absolute atomic E-state index is 13.6. The molecule has 1 aliphatic carbocycles. The highest BCUT2D eigenvalue weighted by molar-refractivity contribution is 5.97. The maximum Gasteiger partial charge on any atom is 0.226 e. The average molecular weight is 448 g/mol. The molecule has 1 amide bonds. The summed E-state index contributed by atoms with van der Waals surface area (Å²) in [6.07, 6.45) is 8.29. The van der Waals surface area contributed by atoms with Crippen molar-refractivity contribution in [3.05, 3.63) is 29.6 Å². The van der Waals surface area contributed by atoms with E-state index in [2.05, 4.69) is 24.2 Å². The first-order chi connectivity index (χ1) is 15.3. The van der Waals surface area contributed by atoms with Crippen molar-refractivity contribution in [3.63, 3.8) is 0 Å². The minimum atomic E-state index is -0.578. The Balaban J connectivity index is 2.04. The van der Waals surface area contributed by atoms with E-state index in [0.717, 1.165) is 24.8 Å². The van der Waals surface area contributed by atoms with Crippen LogP contribution in [0, 0.1) is 17.7 Å². The summed E-state index contributed by atoms with van der Waals surface area (Å²) in [6, 6.07) is 4.05. The number of methoxy groups -OCH3 is 1. The number of amides is 1. The first-order valence-electron chi connectivity index (χ1n) is 11.8. The molecule has 0 unspecified atom stereocenters. The number of benzene rings is 1. The number of aryl methyl sites for hydroxylation is 1. The van der Waals surface area contributed by atoms with Gasteiger partial charge in [0.15, 0.2) is 23.3 Å². The number of carbonyl (C=O) groups excluding carboxylic acids is 2. The Morgan fingerprint density at radius 3 is 2.59 bits per heavy atom. The van der Waals surface area contributed by atoms with E-state index in [1.165, 1.54) is 32.4 Å². The molecule has 7 heteroatoms. The minimum Gasteiger partial charge on any atom is -0.494 e. The van der Waals surface area contributed by atoms with Gasteiger partial charge in [0.05, 0.1) is 7.11 Å². The Morgan fingerprint density at radius 1 is 1.22 bits per heavy atom. The number of nitrogens with one attached hydrogen (secondary N) is 1. The molecule has 1 aromatic carbocycles. The summed E-state index contributed by atoms with van der Waals surface area (Å²) in [6.45, 7) is 4.11. The quantitative estimate of drug-likeness (QED) is 0.385. The number of nitrogens with two attached hydrogens (primary N) is 1. The molecule has 0 heterocycles. The zero-order valence-corrected chi connectivity index (χ0v) is 19.7. The van der Waals surface area contributed by atoms with Crippen molar-refractivity contribution >= 4 is 17.6 Å². The Hall–Kier alpha value is -2.44. The highest BCUT2D eigenvalue weighted by Gasteiger charge is 2.24. The number of aliphatic imine (C=N–C) groups is 1. The lowest BCUT2D eigenvalue weighted by atomic mass is 9.83. The molecule has 6 nitrogen and oxygen atoms in total. The van der Waals surface area contributed by atoms with E-state index in [4.69, 9.17) is 10.5 Å². The Kier molecular flexibility index (Phi) is 10.6. The highest BCUT2D eigenvalue weighted by atomic mass is 19.1. The van der Waals surface area contributed by atoms with Crippen LogP contribution in [0.5, 0.6) is 5.75 Å². The van der Waals surface area contributed by atoms with E-state index in [1.54, 1.807) is 12.1 Å². The van der Waals surface area contributed by atoms with Crippen LogP contribution < -0.4 is 15.8 Å². The van der Waals surface area contributed by atoms with Crippen LogP contribution in [0.4, 0.5) is 4.39 Å². The molecule has 0 spiro atoms. The summed E-state index contributed by atoms with van der Waals surface area (Å²) in [7, 11) is 1.42. The molecular weight excluding hydrogens is 409 g/mol. The van der Waals surface area contributed by atoms with Crippen molar-refractivity contribution in [2.24, 2.45) is 22.6 Å². The van der Waals surface area contributed by atoms with Crippen molar-refractivity contribution in [3.8, 4) is 5.75 Å². The van der Waals surface area contributed by atoms with Gasteiger partial charge in [-0.1, -0.05) is 52.0 Å². The van der Waals surface area contributed by atoms with E-state index < -0.39 is 11.9 Å². The van der Waals surface area contributed by atoms with Crippen molar-refractivity contribution in [2.75, 3.05) is 7.11 Å². The summed E-state index contributed by atoms with van der Waals surface area (Å²) in [5.41, 5.74) is 6.82. The maximum atomic E-state index is 13.6. The molecule has 0 aromatic heterocycles. The van der Waals surface area contributed by atoms with Gasteiger partial charge >= 0.3 is 0 Å². The smallest absolute Gasteiger partial charge is 0.226 e. The summed E-state index contributed by atoms with van der Waals surface area (Å²) < 4.78 is 18.7. The fourth-order valence-electron chi connectivity index (χ4n) is 4.11. The number of rotatable bonds is 11. The molecule has 1 aromatic rings. The minimum absolute atomic E-state index is 0.0105. The number of halogens is 1. The van der Waals surface area contributed by atoms with Gasteiger partial charge in [-0.3, -0.25) is 14.9 Å². The summed E-state index contributed by atoms with van der Waals surface area (Å²) in [4.78, 5) is 29.6. The molecule has 0 radical (unpaired) electrons. The lowest BCUT2D eigenvalue weighted by Gasteiger charge is -2.24. The van der Waals surface area contributed by atoms with Gasteiger partial charge in [-0.05, 0) is 48.8 Å². The topological polar surface area (TPSA) is 93.8 Å². The number of carbonyl (C=O) groups is 2. The number of hydrogen-bond donors (Lipinski definition) is 2. The normalized spacial score (nSPS) is 16.1. The van der Waals surface area contributed by atoms with Gasteiger partial charge < -0.3 is 10.5 Å². The fourth-order valence-corrected chi connectivity index (χ4v) is 4.11. The Labute approximate surface area is 191 Å². The number of hydrogen-bond acceptors (Lipinski definition) is 4. The summed E-state index contributed by atoms with van der Waals surface area (Å²) in [5, 5.41) is 2.63. The van der Waals surface area contributed by atoms with E-state index in [0.29, 0.717) is 31.1 Å². The van der Waals surface area contributed by atoms with Crippen LogP contribution in [-0.4, -0.2) is 30.8 Å². The van der Waals surface area contributed by atoms with E-state index >= 15 is 0 Å². The monoisotopic (exact) mass is 447 g/mol. The van der Waals surface area contributed by atoms with Gasteiger partial charge in [0.1, 0.15) is 6.04 Å². The zero-order valence-electron chi connectivity index (χ0n) is 19.7. The van der Waals surface area contributed by atoms with Crippen LogP contribution in [0.2, 0.25) is 0 Å². The molecule has 0 bridgehead atoms. The third-order valence-electron chi connectivity index (χ3n) is 6.04. The van der Waals surface area contributed by atoms with Gasteiger partial charge in [-0.25, -0.2) is 9.38 Å². The van der Waals surface area contributed by atoms with Gasteiger partial charge in [0.25, 0.3) is 0 Å². The molecule has 0 saturated heterocycles. The van der Waals surface area contributed by atoms with Crippen LogP contribution in [0.1, 0.15) is 77.2 Å². The molecule has 1 aliphatic rings. The predicted molar refractivity (Wildman–Crippen MR) is 125 cm³/mol. The van der Waals surface area contributed by atoms with Crippen LogP contribution in [0.3, 0.4) is 0 Å². The second kappa shape index (κ2) is 13.2. The molecule has 32 heavy (non-hydrogen) atoms. The molecule has 178 valence electrons. The lowest BCUT2D eigenvalue weighted by molar-refractivity contribution is -0.121. The molecular formula is C25H38FN3O3. The first-order valence-corrected chi connectivity index (χ1v) is 11.8. The van der Waals surface area contributed by atoms with Crippen LogP contribution in [0.15, 0.2) is 23.2 Å². The number of ether oxygens (including phenoxy) is 1. The first kappa shape index (κ1) is 25.8. The van der Waals surface area contributed by atoms with Crippen LogP contribution >= 0.6 is 0 Å². The molecule has 2 rings (SSSR count). The molecule has 1 atom stereocenters. The Morgan fingerprint density at radius 2 is 1.94 bits per heavy atom. The van der Waals surface area contributed by atoms with Gasteiger partial charge in [-0.15, -0.1) is 0 Å². The Bertz CT molecular complexity index is 789. The molecule has 0 aliphatic heterocycles.